The van der Waals surface area contributed by atoms with E-state index in [1.165, 1.54) is 4.90 Å². The van der Waals surface area contributed by atoms with Crippen molar-refractivity contribution in [1.29, 1.82) is 0 Å². The number of anilines is 1. The maximum absolute atomic E-state index is 12.8. The van der Waals surface area contributed by atoms with Crippen LogP contribution in [0.2, 0.25) is 0 Å². The molecule has 0 saturated carbocycles. The molecule has 0 aliphatic carbocycles. The number of para-hydroxylation sites is 1. The molecule has 1 N–H and O–H groups in total. The predicted molar refractivity (Wildman–Crippen MR) is 74.8 cm³/mol. The van der Waals surface area contributed by atoms with Crippen molar-refractivity contribution >= 4 is 5.69 Å². The van der Waals surface area contributed by atoms with Crippen LogP contribution in [0.1, 0.15) is 26.3 Å². The van der Waals surface area contributed by atoms with Crippen molar-refractivity contribution in [2.24, 2.45) is 5.41 Å². The van der Waals surface area contributed by atoms with Gasteiger partial charge in [-0.2, -0.15) is 13.2 Å². The SMILES string of the molecule is CC(C)(C)C1CN(CC(F)(F)F)c2ccccc2CN1. The van der Waals surface area contributed by atoms with E-state index in [4.69, 9.17) is 0 Å². The fourth-order valence-electron chi connectivity index (χ4n) is 2.53. The zero-order valence-corrected chi connectivity index (χ0v) is 12.1. The lowest BCUT2D eigenvalue weighted by molar-refractivity contribution is -0.120. The van der Waals surface area contributed by atoms with E-state index < -0.39 is 12.7 Å². The zero-order chi connectivity index (χ0) is 15.0. The van der Waals surface area contributed by atoms with E-state index in [1.54, 1.807) is 12.1 Å². The van der Waals surface area contributed by atoms with Gasteiger partial charge in [0, 0.05) is 24.8 Å². The Labute approximate surface area is 118 Å². The molecular formula is C15H21F3N2. The lowest BCUT2D eigenvalue weighted by Crippen LogP contribution is -2.48. The molecule has 112 valence electrons. The van der Waals surface area contributed by atoms with Gasteiger partial charge in [-0.3, -0.25) is 0 Å². The lowest BCUT2D eigenvalue weighted by atomic mass is 9.86. The van der Waals surface area contributed by atoms with E-state index in [1.807, 2.05) is 32.9 Å². The molecule has 1 aromatic carbocycles. The second kappa shape index (κ2) is 5.28. The third kappa shape index (κ3) is 3.66. The van der Waals surface area contributed by atoms with E-state index in [-0.39, 0.29) is 11.5 Å². The normalized spacial score (nSPS) is 20.5. The molecule has 20 heavy (non-hydrogen) atoms. The summed E-state index contributed by atoms with van der Waals surface area (Å²) in [6.45, 7) is 6.20. The maximum atomic E-state index is 12.8. The first-order chi connectivity index (χ1) is 9.17. The van der Waals surface area contributed by atoms with Crippen molar-refractivity contribution in [2.75, 3.05) is 18.0 Å². The molecule has 1 aromatic rings. The zero-order valence-electron chi connectivity index (χ0n) is 12.1. The van der Waals surface area contributed by atoms with E-state index in [0.29, 0.717) is 18.8 Å². The number of fused-ring (bicyclic) bond motifs is 1. The minimum atomic E-state index is -4.19. The molecule has 2 nitrogen and oxygen atoms in total. The van der Waals surface area contributed by atoms with Gasteiger partial charge in [0.05, 0.1) is 0 Å². The van der Waals surface area contributed by atoms with Gasteiger partial charge in [-0.1, -0.05) is 39.0 Å². The number of rotatable bonds is 1. The Hall–Kier alpha value is -1.23. The summed E-state index contributed by atoms with van der Waals surface area (Å²) in [6.07, 6.45) is -4.19. The third-order valence-corrected chi connectivity index (χ3v) is 3.69. The molecule has 1 aliphatic heterocycles. The van der Waals surface area contributed by atoms with Crippen molar-refractivity contribution in [3.05, 3.63) is 29.8 Å². The van der Waals surface area contributed by atoms with Gasteiger partial charge in [0.1, 0.15) is 6.54 Å². The molecule has 1 aliphatic rings. The van der Waals surface area contributed by atoms with Crippen LogP contribution < -0.4 is 10.2 Å². The molecule has 0 bridgehead atoms. The van der Waals surface area contributed by atoms with Crippen LogP contribution in [0.3, 0.4) is 0 Å². The van der Waals surface area contributed by atoms with Gasteiger partial charge in [0.25, 0.3) is 0 Å². The molecule has 0 saturated heterocycles. The average Bonchev–Trinajstić information content (AvgIpc) is 2.47. The fourth-order valence-corrected chi connectivity index (χ4v) is 2.53. The largest absolute Gasteiger partial charge is 0.405 e. The Morgan fingerprint density at radius 1 is 1.20 bits per heavy atom. The monoisotopic (exact) mass is 286 g/mol. The highest BCUT2D eigenvalue weighted by atomic mass is 19.4. The van der Waals surface area contributed by atoms with Crippen LogP contribution in [-0.2, 0) is 6.54 Å². The third-order valence-electron chi connectivity index (χ3n) is 3.69. The van der Waals surface area contributed by atoms with Crippen molar-refractivity contribution < 1.29 is 13.2 Å². The van der Waals surface area contributed by atoms with Gasteiger partial charge in [0.15, 0.2) is 0 Å². The highest BCUT2D eigenvalue weighted by Gasteiger charge is 2.36. The summed E-state index contributed by atoms with van der Waals surface area (Å²) in [4.78, 5) is 1.45. The number of nitrogens with one attached hydrogen (secondary N) is 1. The Morgan fingerprint density at radius 2 is 1.85 bits per heavy atom. The molecule has 1 unspecified atom stereocenters. The molecular weight excluding hydrogens is 265 g/mol. The Morgan fingerprint density at radius 3 is 2.45 bits per heavy atom. The topological polar surface area (TPSA) is 15.3 Å². The van der Waals surface area contributed by atoms with Crippen LogP contribution in [0.4, 0.5) is 18.9 Å². The number of hydrogen-bond donors (Lipinski definition) is 1. The van der Waals surface area contributed by atoms with Gasteiger partial charge < -0.3 is 10.2 Å². The van der Waals surface area contributed by atoms with E-state index in [9.17, 15) is 13.2 Å². The van der Waals surface area contributed by atoms with Crippen LogP contribution in [-0.4, -0.2) is 25.3 Å². The minimum absolute atomic E-state index is 0.0113. The molecule has 0 aromatic heterocycles. The quantitative estimate of drug-likeness (QED) is 0.849. The fraction of sp³-hybridized carbons (Fsp3) is 0.600. The smallest absolute Gasteiger partial charge is 0.361 e. The summed E-state index contributed by atoms with van der Waals surface area (Å²) in [5.41, 5.74) is 1.51. The number of halogens is 3. The van der Waals surface area contributed by atoms with Gasteiger partial charge >= 0.3 is 6.18 Å². The summed E-state index contributed by atoms with van der Waals surface area (Å²) in [7, 11) is 0. The summed E-state index contributed by atoms with van der Waals surface area (Å²) in [5.74, 6) is 0. The minimum Gasteiger partial charge on any atom is -0.361 e. The maximum Gasteiger partial charge on any atom is 0.405 e. The first-order valence-electron chi connectivity index (χ1n) is 6.80. The molecule has 0 amide bonds. The number of nitrogens with zero attached hydrogens (tertiary/aromatic N) is 1. The van der Waals surface area contributed by atoms with E-state index in [0.717, 1.165) is 5.56 Å². The van der Waals surface area contributed by atoms with Gasteiger partial charge in [-0.05, 0) is 17.0 Å². The summed E-state index contributed by atoms with van der Waals surface area (Å²) in [6, 6.07) is 7.32. The van der Waals surface area contributed by atoms with E-state index in [2.05, 4.69) is 5.32 Å². The number of benzene rings is 1. The first kappa shape index (κ1) is 15.2. The summed E-state index contributed by atoms with van der Waals surface area (Å²) in [5, 5.41) is 3.38. The second-order valence-electron chi connectivity index (χ2n) is 6.42. The Kier molecular flexibility index (Phi) is 4.00. The molecule has 1 atom stereocenters. The van der Waals surface area contributed by atoms with Crippen molar-refractivity contribution in [2.45, 2.75) is 39.5 Å². The van der Waals surface area contributed by atoms with Gasteiger partial charge in [0.2, 0.25) is 0 Å². The molecule has 5 heteroatoms. The van der Waals surface area contributed by atoms with Crippen molar-refractivity contribution in [1.82, 2.24) is 5.32 Å². The van der Waals surface area contributed by atoms with Crippen LogP contribution in [0.15, 0.2) is 24.3 Å². The lowest BCUT2D eigenvalue weighted by Gasteiger charge is -2.35. The highest BCUT2D eigenvalue weighted by molar-refractivity contribution is 5.55. The van der Waals surface area contributed by atoms with E-state index >= 15 is 0 Å². The predicted octanol–water partition coefficient (Wildman–Crippen LogP) is 3.57. The highest BCUT2D eigenvalue weighted by Crippen LogP contribution is 2.31. The van der Waals surface area contributed by atoms with Crippen molar-refractivity contribution in [3.63, 3.8) is 0 Å². The van der Waals surface area contributed by atoms with Gasteiger partial charge in [-0.15, -0.1) is 0 Å². The van der Waals surface area contributed by atoms with Crippen LogP contribution in [0.5, 0.6) is 0 Å². The molecule has 0 spiro atoms. The Balaban J connectivity index is 2.32. The standard InChI is InChI=1S/C15H21F3N2/c1-14(2,3)13-9-20(10-15(16,17)18)12-7-5-4-6-11(12)8-19-13/h4-7,13,19H,8-10H2,1-3H3. The first-order valence-corrected chi connectivity index (χ1v) is 6.80. The molecule has 0 fully saturated rings. The number of hydrogen-bond acceptors (Lipinski definition) is 2. The van der Waals surface area contributed by atoms with Crippen molar-refractivity contribution in [3.8, 4) is 0 Å². The average molecular weight is 286 g/mol. The number of alkyl halides is 3. The molecule has 1 heterocycles. The second-order valence-corrected chi connectivity index (χ2v) is 6.42. The Bertz CT molecular complexity index is 463. The van der Waals surface area contributed by atoms with Gasteiger partial charge in [-0.25, -0.2) is 0 Å². The molecule has 2 rings (SSSR count). The molecule has 0 radical (unpaired) electrons. The van der Waals surface area contributed by atoms with Crippen LogP contribution >= 0.6 is 0 Å². The summed E-state index contributed by atoms with van der Waals surface area (Å²) >= 11 is 0. The van der Waals surface area contributed by atoms with Crippen LogP contribution in [0, 0.1) is 5.41 Å². The summed E-state index contributed by atoms with van der Waals surface area (Å²) < 4.78 is 38.5. The van der Waals surface area contributed by atoms with Crippen LogP contribution in [0.25, 0.3) is 0 Å².